The molecule has 0 saturated carbocycles. The molecule has 0 aliphatic heterocycles. The summed E-state index contributed by atoms with van der Waals surface area (Å²) in [5, 5.41) is 0. The molecule has 0 aliphatic rings. The molecule has 0 aromatic rings. The maximum absolute atomic E-state index is 8.93. The van der Waals surface area contributed by atoms with Crippen molar-refractivity contribution in [3.05, 3.63) is 0 Å². The van der Waals surface area contributed by atoms with Crippen molar-refractivity contribution in [2.75, 3.05) is 0 Å². The molecule has 0 rings (SSSR count). The Morgan fingerprint density at radius 1 is 1.60 bits per heavy atom. The van der Waals surface area contributed by atoms with Gasteiger partial charge in [0.2, 0.25) is 0 Å². The molecular weight excluding hydrogens is 158 g/mol. The van der Waals surface area contributed by atoms with Gasteiger partial charge in [-0.1, -0.05) is 0 Å². The molecule has 0 unspecified atom stereocenters. The van der Waals surface area contributed by atoms with Crippen molar-refractivity contribution < 1.29 is 11.9 Å². The van der Waals surface area contributed by atoms with E-state index >= 15 is 0 Å². The molecule has 0 radical (unpaired) electrons. The van der Waals surface area contributed by atoms with Gasteiger partial charge in [0, 0.05) is 0 Å². The van der Waals surface area contributed by atoms with Crippen LogP contribution in [-0.2, 0) is 3.74 Å². The SMILES string of the molecule is O=[As]([O-])([O-])Cl. The van der Waals surface area contributed by atoms with Crippen molar-refractivity contribution in [3.8, 4) is 0 Å². The quantitative estimate of drug-likeness (QED) is 0.376. The number of halogens is 1. The second-order valence-corrected chi connectivity index (χ2v) is 4.39. The second-order valence-electron chi connectivity index (χ2n) is 0.431. The molecule has 3 nitrogen and oxygen atoms in total. The van der Waals surface area contributed by atoms with E-state index in [1.54, 1.807) is 0 Å². The summed E-state index contributed by atoms with van der Waals surface area (Å²) in [5.41, 5.74) is 0. The summed E-state index contributed by atoms with van der Waals surface area (Å²) in [6.07, 6.45) is 0. The van der Waals surface area contributed by atoms with Crippen LogP contribution in [0.15, 0.2) is 0 Å². The minimum atomic E-state index is -5.15. The van der Waals surface area contributed by atoms with E-state index in [-0.39, 0.29) is 0 Å². The predicted octanol–water partition coefficient (Wildman–Crippen LogP) is -2.19. The van der Waals surface area contributed by atoms with E-state index in [0.29, 0.717) is 0 Å². The minimum absolute atomic E-state index is 4.04. The van der Waals surface area contributed by atoms with Gasteiger partial charge in [0.15, 0.2) is 0 Å². The van der Waals surface area contributed by atoms with Crippen molar-refractivity contribution in [1.82, 2.24) is 0 Å². The Morgan fingerprint density at radius 2 is 1.60 bits per heavy atom. The normalized spacial score (nSPS) is 11.8. The van der Waals surface area contributed by atoms with E-state index < -0.39 is 13.2 Å². The van der Waals surface area contributed by atoms with E-state index in [1.807, 2.05) is 0 Å². The first-order chi connectivity index (χ1) is 2.00. The van der Waals surface area contributed by atoms with E-state index in [2.05, 4.69) is 9.95 Å². The van der Waals surface area contributed by atoms with Crippen molar-refractivity contribution in [3.63, 3.8) is 0 Å². The summed E-state index contributed by atoms with van der Waals surface area (Å²) in [4.78, 5) is 0. The molecule has 0 amide bonds. The molecule has 0 spiro atoms. The van der Waals surface area contributed by atoms with Gasteiger partial charge in [-0.2, -0.15) is 0 Å². The van der Waals surface area contributed by atoms with Gasteiger partial charge in [0.1, 0.15) is 0 Å². The molecule has 5 heavy (non-hydrogen) atoms. The van der Waals surface area contributed by atoms with E-state index in [4.69, 9.17) is 11.9 Å². The van der Waals surface area contributed by atoms with E-state index in [1.165, 1.54) is 0 Å². The summed E-state index contributed by atoms with van der Waals surface area (Å²) < 4.78 is 26.8. The summed E-state index contributed by atoms with van der Waals surface area (Å²) in [7, 11) is 4.04. The fourth-order valence-electron chi connectivity index (χ4n) is 0. The third kappa shape index (κ3) is 93.3. The van der Waals surface area contributed by atoms with Crippen LogP contribution in [0.4, 0.5) is 0 Å². The van der Waals surface area contributed by atoms with Crippen LogP contribution in [-0.4, -0.2) is 13.2 Å². The molecule has 0 aromatic carbocycles. The summed E-state index contributed by atoms with van der Waals surface area (Å²) >= 11 is -5.15. The molecule has 0 fully saturated rings. The summed E-state index contributed by atoms with van der Waals surface area (Å²) in [6, 6.07) is 0. The van der Waals surface area contributed by atoms with Gasteiger partial charge in [-0.05, 0) is 0 Å². The molecule has 0 N–H and O–H groups in total. The summed E-state index contributed by atoms with van der Waals surface area (Å²) in [5.74, 6) is 0. The Hall–Kier alpha value is 0.568. The molecule has 5 heteroatoms. The Kier molecular flexibility index (Phi) is 1.50. The fourth-order valence-corrected chi connectivity index (χ4v) is 0. The van der Waals surface area contributed by atoms with E-state index in [9.17, 15) is 0 Å². The standard InChI is InChI=1S/AsClH2O3/c2-1(3,4)5/h(H2,3,4,5)/p-2. The van der Waals surface area contributed by atoms with Crippen LogP contribution in [0.2, 0.25) is 0 Å². The molecule has 0 atom stereocenters. The number of hydrogen-bond acceptors (Lipinski definition) is 3. The molecular formula is AsClO3-2. The third-order valence-electron chi connectivity index (χ3n) is 0. The molecule has 0 heterocycles. The second kappa shape index (κ2) is 1.35. The first-order valence-electron chi connectivity index (χ1n) is 0.717. The number of rotatable bonds is 0. The van der Waals surface area contributed by atoms with E-state index in [0.717, 1.165) is 0 Å². The van der Waals surface area contributed by atoms with Gasteiger partial charge in [0.05, 0.1) is 0 Å². The zero-order valence-corrected chi connectivity index (χ0v) is 4.68. The molecule has 0 bridgehead atoms. The van der Waals surface area contributed by atoms with Gasteiger partial charge in [-0.25, -0.2) is 0 Å². The molecule has 0 aliphatic carbocycles. The number of hydrogen-bond donors (Lipinski definition) is 0. The van der Waals surface area contributed by atoms with Crippen molar-refractivity contribution in [2.24, 2.45) is 0 Å². The van der Waals surface area contributed by atoms with Crippen LogP contribution in [0.3, 0.4) is 0 Å². The van der Waals surface area contributed by atoms with Crippen LogP contribution in [0.1, 0.15) is 0 Å². The third-order valence-corrected chi connectivity index (χ3v) is 0. The van der Waals surface area contributed by atoms with Gasteiger partial charge < -0.3 is 0 Å². The maximum atomic E-state index is 8.93. The first kappa shape index (κ1) is 5.57. The Balaban J connectivity index is 3.47. The zero-order chi connectivity index (χ0) is 4.50. The van der Waals surface area contributed by atoms with Crippen molar-refractivity contribution in [1.29, 1.82) is 0 Å². The van der Waals surface area contributed by atoms with Crippen molar-refractivity contribution in [2.45, 2.75) is 0 Å². The first-order valence-corrected chi connectivity index (χ1v) is 5.48. The predicted molar refractivity (Wildman–Crippen MR) is 12.3 cm³/mol. The van der Waals surface area contributed by atoms with Crippen LogP contribution in [0, 0.1) is 0 Å². The average molecular weight is 158 g/mol. The van der Waals surface area contributed by atoms with Crippen LogP contribution < -0.4 is 8.19 Å². The van der Waals surface area contributed by atoms with Gasteiger partial charge in [-0.15, -0.1) is 0 Å². The Morgan fingerprint density at radius 3 is 1.60 bits per heavy atom. The molecule has 0 aromatic heterocycles. The molecule has 0 saturated heterocycles. The van der Waals surface area contributed by atoms with Crippen LogP contribution in [0.5, 0.6) is 0 Å². The average Bonchev–Trinajstić information content (AvgIpc) is 0.722. The summed E-state index contributed by atoms with van der Waals surface area (Å²) in [6.45, 7) is 0. The van der Waals surface area contributed by atoms with Crippen LogP contribution >= 0.6 is 9.95 Å². The van der Waals surface area contributed by atoms with Crippen molar-refractivity contribution >= 4 is 23.2 Å². The fraction of sp³-hybridized carbons (Fsp3) is 0. The zero-order valence-electron chi connectivity index (χ0n) is 2.05. The molecule has 32 valence electrons. The van der Waals surface area contributed by atoms with Gasteiger partial charge in [-0.3, -0.25) is 0 Å². The topological polar surface area (TPSA) is 63.2 Å². The monoisotopic (exact) mass is 158 g/mol. The Bertz CT molecular complexity index is 53.0. The van der Waals surface area contributed by atoms with Gasteiger partial charge >= 0.3 is 35.1 Å². The Labute approximate surface area is 35.7 Å². The van der Waals surface area contributed by atoms with Gasteiger partial charge in [0.25, 0.3) is 0 Å². The van der Waals surface area contributed by atoms with Crippen LogP contribution in [0.25, 0.3) is 0 Å².